The molecule has 21 heavy (non-hydrogen) atoms. The molecule has 2 aromatic carbocycles. The first-order valence-corrected chi connectivity index (χ1v) is 7.55. The molecule has 0 spiro atoms. The van der Waals surface area contributed by atoms with Crippen LogP contribution in [0, 0.1) is 10.5 Å². The van der Waals surface area contributed by atoms with Gasteiger partial charge in [0.05, 0.1) is 0 Å². The highest BCUT2D eigenvalue weighted by atomic mass is 127. The molecule has 0 saturated carbocycles. The maximum atomic E-state index is 11.9. The molecule has 0 saturated heterocycles. The third-order valence-corrected chi connectivity index (χ3v) is 3.81. The quantitative estimate of drug-likeness (QED) is 0.443. The molecule has 4 heteroatoms. The van der Waals surface area contributed by atoms with Gasteiger partial charge in [-0.3, -0.25) is 0 Å². The number of cyclic esters (lactones) is 1. The summed E-state index contributed by atoms with van der Waals surface area (Å²) in [6, 6.07) is 15.6. The molecule has 3 nitrogen and oxygen atoms in total. The van der Waals surface area contributed by atoms with E-state index >= 15 is 0 Å². The molecule has 1 heterocycles. The lowest BCUT2D eigenvalue weighted by Gasteiger charge is -1.98. The molecular formula is C17H12INO2. The smallest absolute Gasteiger partial charge is 0.363 e. The second-order valence-electron chi connectivity index (χ2n) is 4.75. The molecule has 0 atom stereocenters. The highest BCUT2D eigenvalue weighted by molar-refractivity contribution is 14.1. The van der Waals surface area contributed by atoms with Crippen LogP contribution < -0.4 is 0 Å². The van der Waals surface area contributed by atoms with Crippen molar-refractivity contribution in [1.82, 2.24) is 0 Å². The number of ether oxygens (including phenoxy) is 1. The molecule has 0 amide bonds. The lowest BCUT2D eigenvalue weighted by Crippen LogP contribution is -2.05. The highest BCUT2D eigenvalue weighted by Crippen LogP contribution is 2.19. The zero-order chi connectivity index (χ0) is 14.8. The fraction of sp³-hybridized carbons (Fsp3) is 0.0588. The van der Waals surface area contributed by atoms with Gasteiger partial charge in [-0.25, -0.2) is 9.79 Å². The van der Waals surface area contributed by atoms with Crippen molar-refractivity contribution in [2.24, 2.45) is 4.99 Å². The predicted octanol–water partition coefficient (Wildman–Crippen LogP) is 3.94. The van der Waals surface area contributed by atoms with Crippen LogP contribution in [-0.4, -0.2) is 11.9 Å². The Bertz CT molecular complexity index is 743. The van der Waals surface area contributed by atoms with E-state index in [-0.39, 0.29) is 0 Å². The van der Waals surface area contributed by atoms with E-state index in [0.29, 0.717) is 11.6 Å². The van der Waals surface area contributed by atoms with Gasteiger partial charge in [0.1, 0.15) is 0 Å². The average Bonchev–Trinajstić information content (AvgIpc) is 2.83. The normalized spacial score (nSPS) is 16.0. The molecule has 1 aliphatic heterocycles. The molecular weight excluding hydrogens is 377 g/mol. The van der Waals surface area contributed by atoms with Crippen LogP contribution in [0.25, 0.3) is 6.08 Å². The van der Waals surface area contributed by atoms with Gasteiger partial charge in [-0.2, -0.15) is 0 Å². The van der Waals surface area contributed by atoms with Gasteiger partial charge >= 0.3 is 5.97 Å². The number of hydrogen-bond donors (Lipinski definition) is 0. The van der Waals surface area contributed by atoms with Gasteiger partial charge < -0.3 is 4.74 Å². The Morgan fingerprint density at radius 2 is 1.71 bits per heavy atom. The van der Waals surface area contributed by atoms with Crippen molar-refractivity contribution < 1.29 is 9.53 Å². The van der Waals surface area contributed by atoms with Gasteiger partial charge in [-0.1, -0.05) is 29.8 Å². The molecule has 3 rings (SSSR count). The summed E-state index contributed by atoms with van der Waals surface area (Å²) in [5.41, 5.74) is 3.23. The van der Waals surface area contributed by atoms with Crippen LogP contribution in [0.3, 0.4) is 0 Å². The number of rotatable bonds is 2. The summed E-state index contributed by atoms with van der Waals surface area (Å²) in [6.07, 6.45) is 1.74. The minimum atomic E-state index is -0.413. The molecule has 2 aromatic rings. The first-order valence-electron chi connectivity index (χ1n) is 6.47. The number of halogens is 1. The van der Waals surface area contributed by atoms with Crippen LogP contribution in [0.2, 0.25) is 0 Å². The first-order chi connectivity index (χ1) is 10.1. The predicted molar refractivity (Wildman–Crippen MR) is 90.9 cm³/mol. The number of aryl methyl sites for hydroxylation is 1. The van der Waals surface area contributed by atoms with E-state index in [2.05, 4.69) is 27.6 Å². The lowest BCUT2D eigenvalue weighted by molar-refractivity contribution is -0.129. The summed E-state index contributed by atoms with van der Waals surface area (Å²) >= 11 is 2.23. The summed E-state index contributed by atoms with van der Waals surface area (Å²) in [5.74, 6) is -0.0566. The van der Waals surface area contributed by atoms with E-state index < -0.39 is 5.97 Å². The van der Waals surface area contributed by atoms with Crippen molar-refractivity contribution >= 4 is 40.5 Å². The van der Waals surface area contributed by atoms with Gasteiger partial charge in [0.2, 0.25) is 5.90 Å². The number of aliphatic imine (C=N–C) groups is 1. The monoisotopic (exact) mass is 389 g/mol. The molecule has 0 N–H and O–H groups in total. The molecule has 0 bridgehead atoms. The van der Waals surface area contributed by atoms with Crippen LogP contribution >= 0.6 is 22.6 Å². The van der Waals surface area contributed by atoms with Gasteiger partial charge in [-0.15, -0.1) is 0 Å². The molecule has 0 fully saturated rings. The van der Waals surface area contributed by atoms with E-state index in [1.807, 2.05) is 55.5 Å². The number of carbonyl (C=O) groups excluding carboxylic acids is 1. The van der Waals surface area contributed by atoms with Crippen molar-refractivity contribution in [2.45, 2.75) is 6.92 Å². The molecule has 104 valence electrons. The molecule has 1 aliphatic rings. The third kappa shape index (κ3) is 3.21. The summed E-state index contributed by atoms with van der Waals surface area (Å²) in [4.78, 5) is 16.2. The Hall–Kier alpha value is -1.95. The van der Waals surface area contributed by atoms with Crippen LogP contribution in [0.15, 0.2) is 59.2 Å². The zero-order valence-corrected chi connectivity index (χ0v) is 13.5. The van der Waals surface area contributed by atoms with Crippen molar-refractivity contribution in [2.75, 3.05) is 0 Å². The highest BCUT2D eigenvalue weighted by Gasteiger charge is 2.23. The van der Waals surface area contributed by atoms with Gasteiger partial charge in [0, 0.05) is 9.13 Å². The van der Waals surface area contributed by atoms with E-state index in [4.69, 9.17) is 4.74 Å². The maximum absolute atomic E-state index is 11.9. The molecule has 0 radical (unpaired) electrons. The van der Waals surface area contributed by atoms with Crippen LogP contribution in [0.1, 0.15) is 16.7 Å². The van der Waals surface area contributed by atoms with Gasteiger partial charge in [-0.05, 0) is 65.4 Å². The number of esters is 1. The van der Waals surface area contributed by atoms with Crippen molar-refractivity contribution in [3.63, 3.8) is 0 Å². The van der Waals surface area contributed by atoms with E-state index in [9.17, 15) is 4.79 Å². The Balaban J connectivity index is 1.91. The van der Waals surface area contributed by atoms with E-state index in [1.165, 1.54) is 5.56 Å². The molecule has 0 aromatic heterocycles. The Kier molecular flexibility index (Phi) is 3.88. The minimum Gasteiger partial charge on any atom is -0.402 e. The summed E-state index contributed by atoms with van der Waals surface area (Å²) < 4.78 is 6.36. The summed E-state index contributed by atoms with van der Waals surface area (Å²) in [6.45, 7) is 2.02. The summed E-state index contributed by atoms with van der Waals surface area (Å²) in [5, 5.41) is 0. The minimum absolute atomic E-state index is 0.326. The largest absolute Gasteiger partial charge is 0.402 e. The fourth-order valence-electron chi connectivity index (χ4n) is 1.95. The van der Waals surface area contributed by atoms with E-state index in [0.717, 1.165) is 14.7 Å². The number of benzene rings is 2. The zero-order valence-electron chi connectivity index (χ0n) is 11.3. The SMILES string of the molecule is Cc1ccc(C=C2N=C(c3ccc(I)cc3)OC2=O)cc1. The van der Waals surface area contributed by atoms with Crippen LogP contribution in [-0.2, 0) is 9.53 Å². The number of hydrogen-bond acceptors (Lipinski definition) is 3. The van der Waals surface area contributed by atoms with Crippen molar-refractivity contribution in [1.29, 1.82) is 0 Å². The Morgan fingerprint density at radius 3 is 2.38 bits per heavy atom. The first kappa shape index (κ1) is 14.0. The Labute approximate surface area is 136 Å². The van der Waals surface area contributed by atoms with Gasteiger partial charge in [0.15, 0.2) is 5.70 Å². The Morgan fingerprint density at radius 1 is 1.05 bits per heavy atom. The molecule has 0 aliphatic carbocycles. The van der Waals surface area contributed by atoms with Crippen molar-refractivity contribution in [3.8, 4) is 0 Å². The van der Waals surface area contributed by atoms with Crippen LogP contribution in [0.5, 0.6) is 0 Å². The second kappa shape index (κ2) is 5.81. The topological polar surface area (TPSA) is 38.7 Å². The number of carbonyl (C=O) groups is 1. The maximum Gasteiger partial charge on any atom is 0.363 e. The lowest BCUT2D eigenvalue weighted by atomic mass is 10.1. The summed E-state index contributed by atoms with van der Waals surface area (Å²) in [7, 11) is 0. The van der Waals surface area contributed by atoms with Crippen molar-refractivity contribution in [3.05, 3.63) is 74.5 Å². The number of nitrogens with zero attached hydrogens (tertiary/aromatic N) is 1. The fourth-order valence-corrected chi connectivity index (χ4v) is 2.31. The molecule has 0 unspecified atom stereocenters. The second-order valence-corrected chi connectivity index (χ2v) is 6.00. The third-order valence-electron chi connectivity index (χ3n) is 3.09. The standard InChI is InChI=1S/C17H12INO2/c1-11-2-4-12(5-3-11)10-15-17(20)21-16(19-15)13-6-8-14(18)9-7-13/h2-10H,1H3. The van der Waals surface area contributed by atoms with Gasteiger partial charge in [0.25, 0.3) is 0 Å². The van der Waals surface area contributed by atoms with E-state index in [1.54, 1.807) is 6.08 Å². The average molecular weight is 389 g/mol. The van der Waals surface area contributed by atoms with Crippen LogP contribution in [0.4, 0.5) is 0 Å².